The average Bonchev–Trinajstić information content (AvgIpc) is 3.25. The van der Waals surface area contributed by atoms with E-state index in [1.807, 2.05) is 6.92 Å². The summed E-state index contributed by atoms with van der Waals surface area (Å²) in [5.41, 5.74) is 0.805. The normalized spacial score (nSPS) is 12.3. The van der Waals surface area contributed by atoms with Crippen molar-refractivity contribution in [3.63, 3.8) is 0 Å². The SMILES string of the molecule is CCn1nc(OC(=O)c2ccc3c(c2)OCO3)c2cc([N+](=O)[O-])ccc21. The Morgan fingerprint density at radius 2 is 2.08 bits per heavy atom. The topological polar surface area (TPSA) is 106 Å². The van der Waals surface area contributed by atoms with Crippen LogP contribution in [0.2, 0.25) is 0 Å². The largest absolute Gasteiger partial charge is 0.454 e. The molecule has 0 saturated carbocycles. The second-order valence-corrected chi connectivity index (χ2v) is 5.54. The smallest absolute Gasteiger partial charge is 0.345 e. The fourth-order valence-corrected chi connectivity index (χ4v) is 2.74. The van der Waals surface area contributed by atoms with E-state index in [0.717, 1.165) is 0 Å². The molecule has 132 valence electrons. The molecular weight excluding hydrogens is 342 g/mol. The number of carbonyl (C=O) groups excluding carboxylic acids is 1. The number of benzene rings is 2. The van der Waals surface area contributed by atoms with Gasteiger partial charge in [-0.2, -0.15) is 0 Å². The molecule has 0 spiro atoms. The van der Waals surface area contributed by atoms with Gasteiger partial charge in [0.05, 0.1) is 21.4 Å². The molecule has 26 heavy (non-hydrogen) atoms. The van der Waals surface area contributed by atoms with Gasteiger partial charge in [0, 0.05) is 18.7 Å². The third-order valence-electron chi connectivity index (χ3n) is 4.01. The molecule has 0 bridgehead atoms. The molecule has 0 atom stereocenters. The summed E-state index contributed by atoms with van der Waals surface area (Å²) in [6, 6.07) is 9.01. The molecule has 0 N–H and O–H groups in total. The molecule has 2 heterocycles. The van der Waals surface area contributed by atoms with Crippen LogP contribution < -0.4 is 14.2 Å². The lowest BCUT2D eigenvalue weighted by Crippen LogP contribution is -2.09. The summed E-state index contributed by atoms with van der Waals surface area (Å²) in [7, 11) is 0. The summed E-state index contributed by atoms with van der Waals surface area (Å²) in [5, 5.41) is 15.7. The van der Waals surface area contributed by atoms with Crippen molar-refractivity contribution in [2.45, 2.75) is 13.5 Å². The number of nitrogens with zero attached hydrogens (tertiary/aromatic N) is 3. The maximum absolute atomic E-state index is 12.5. The standard InChI is InChI=1S/C17H13N3O6/c1-2-19-13-5-4-11(20(22)23)8-12(13)16(18-19)26-17(21)10-3-6-14-15(7-10)25-9-24-14/h3-8H,2,9H2,1H3. The Morgan fingerprint density at radius 1 is 1.27 bits per heavy atom. The number of esters is 1. The van der Waals surface area contributed by atoms with E-state index in [4.69, 9.17) is 14.2 Å². The highest BCUT2D eigenvalue weighted by Gasteiger charge is 2.21. The van der Waals surface area contributed by atoms with Crippen LogP contribution >= 0.6 is 0 Å². The number of aryl methyl sites for hydroxylation is 1. The number of aromatic nitrogens is 2. The van der Waals surface area contributed by atoms with Crippen LogP contribution in [0.15, 0.2) is 36.4 Å². The molecular formula is C17H13N3O6. The minimum absolute atomic E-state index is 0.0215. The van der Waals surface area contributed by atoms with E-state index in [-0.39, 0.29) is 23.9 Å². The number of carbonyl (C=O) groups is 1. The third-order valence-corrected chi connectivity index (χ3v) is 4.01. The number of hydrogen-bond donors (Lipinski definition) is 0. The highest BCUT2D eigenvalue weighted by atomic mass is 16.7. The second kappa shape index (κ2) is 6.03. The number of nitro benzene ring substituents is 1. The Labute approximate surface area is 146 Å². The second-order valence-electron chi connectivity index (χ2n) is 5.54. The van der Waals surface area contributed by atoms with Crippen molar-refractivity contribution in [2.24, 2.45) is 0 Å². The van der Waals surface area contributed by atoms with Gasteiger partial charge < -0.3 is 14.2 Å². The summed E-state index contributed by atoms with van der Waals surface area (Å²) >= 11 is 0. The Bertz CT molecular complexity index is 1040. The van der Waals surface area contributed by atoms with Gasteiger partial charge in [0.15, 0.2) is 11.5 Å². The summed E-state index contributed by atoms with van der Waals surface area (Å²) in [6.45, 7) is 2.50. The predicted molar refractivity (Wildman–Crippen MR) is 89.6 cm³/mol. The number of hydrogen-bond acceptors (Lipinski definition) is 7. The Hall–Kier alpha value is -3.62. The quantitative estimate of drug-likeness (QED) is 0.402. The molecule has 0 aliphatic carbocycles. The monoisotopic (exact) mass is 355 g/mol. The van der Waals surface area contributed by atoms with Crippen LogP contribution in [0.3, 0.4) is 0 Å². The van der Waals surface area contributed by atoms with Crippen molar-refractivity contribution in [1.82, 2.24) is 9.78 Å². The first-order chi connectivity index (χ1) is 12.6. The van der Waals surface area contributed by atoms with Crippen molar-refractivity contribution in [3.8, 4) is 17.4 Å². The van der Waals surface area contributed by atoms with Gasteiger partial charge in [-0.3, -0.25) is 14.8 Å². The Kier molecular flexibility index (Phi) is 3.68. The van der Waals surface area contributed by atoms with Crippen molar-refractivity contribution >= 4 is 22.6 Å². The molecule has 4 rings (SSSR count). The van der Waals surface area contributed by atoms with Crippen molar-refractivity contribution in [3.05, 3.63) is 52.1 Å². The highest BCUT2D eigenvalue weighted by molar-refractivity contribution is 5.95. The van der Waals surface area contributed by atoms with Gasteiger partial charge in [0.2, 0.25) is 12.7 Å². The van der Waals surface area contributed by atoms with Crippen LogP contribution in [-0.4, -0.2) is 27.5 Å². The molecule has 1 aliphatic rings. The fourth-order valence-electron chi connectivity index (χ4n) is 2.74. The third kappa shape index (κ3) is 2.59. The lowest BCUT2D eigenvalue weighted by molar-refractivity contribution is -0.384. The zero-order chi connectivity index (χ0) is 18.3. The van der Waals surface area contributed by atoms with E-state index < -0.39 is 10.9 Å². The summed E-state index contributed by atoms with van der Waals surface area (Å²) in [6.07, 6.45) is 0. The van der Waals surface area contributed by atoms with E-state index >= 15 is 0 Å². The molecule has 0 saturated heterocycles. The first-order valence-corrected chi connectivity index (χ1v) is 7.83. The van der Waals surface area contributed by atoms with Crippen molar-refractivity contribution in [2.75, 3.05) is 6.79 Å². The lowest BCUT2D eigenvalue weighted by Gasteiger charge is -2.03. The molecule has 0 fully saturated rings. The van der Waals surface area contributed by atoms with Gasteiger partial charge in [0.25, 0.3) is 5.69 Å². The Morgan fingerprint density at radius 3 is 2.85 bits per heavy atom. The fraction of sp³-hybridized carbons (Fsp3) is 0.176. The maximum Gasteiger partial charge on any atom is 0.345 e. The molecule has 0 unspecified atom stereocenters. The Balaban J connectivity index is 1.70. The maximum atomic E-state index is 12.5. The van der Waals surface area contributed by atoms with E-state index in [1.165, 1.54) is 18.2 Å². The molecule has 1 aliphatic heterocycles. The molecule has 1 aromatic heterocycles. The van der Waals surface area contributed by atoms with Gasteiger partial charge in [-0.25, -0.2) is 4.79 Å². The minimum Gasteiger partial charge on any atom is -0.454 e. The van der Waals surface area contributed by atoms with Crippen LogP contribution in [0.4, 0.5) is 5.69 Å². The van der Waals surface area contributed by atoms with Gasteiger partial charge in [0.1, 0.15) is 0 Å². The zero-order valence-electron chi connectivity index (χ0n) is 13.7. The molecule has 3 aromatic rings. The first kappa shape index (κ1) is 15.9. The lowest BCUT2D eigenvalue weighted by atomic mass is 10.2. The zero-order valence-corrected chi connectivity index (χ0v) is 13.7. The molecule has 0 amide bonds. The van der Waals surface area contributed by atoms with Gasteiger partial charge in [-0.05, 0) is 31.2 Å². The van der Waals surface area contributed by atoms with E-state index in [2.05, 4.69) is 5.10 Å². The van der Waals surface area contributed by atoms with Gasteiger partial charge in [-0.15, -0.1) is 5.10 Å². The summed E-state index contributed by atoms with van der Waals surface area (Å²) < 4.78 is 17.5. The van der Waals surface area contributed by atoms with Crippen LogP contribution in [0.25, 0.3) is 10.9 Å². The number of non-ortho nitro benzene ring substituents is 1. The van der Waals surface area contributed by atoms with E-state index in [9.17, 15) is 14.9 Å². The summed E-state index contributed by atoms with van der Waals surface area (Å²) in [4.78, 5) is 23.0. The number of rotatable bonds is 4. The van der Waals surface area contributed by atoms with Crippen molar-refractivity contribution in [1.29, 1.82) is 0 Å². The van der Waals surface area contributed by atoms with Crippen LogP contribution in [-0.2, 0) is 6.54 Å². The minimum atomic E-state index is -0.641. The number of fused-ring (bicyclic) bond motifs is 2. The molecule has 9 heteroatoms. The predicted octanol–water partition coefficient (Wildman–Crippen LogP) is 2.91. The van der Waals surface area contributed by atoms with Crippen LogP contribution in [0, 0.1) is 10.1 Å². The molecule has 0 radical (unpaired) electrons. The first-order valence-electron chi connectivity index (χ1n) is 7.83. The number of ether oxygens (including phenoxy) is 3. The molecule has 9 nitrogen and oxygen atoms in total. The highest BCUT2D eigenvalue weighted by Crippen LogP contribution is 2.33. The van der Waals surface area contributed by atoms with E-state index in [0.29, 0.717) is 28.9 Å². The molecule has 2 aromatic carbocycles. The number of nitro groups is 1. The average molecular weight is 355 g/mol. The van der Waals surface area contributed by atoms with Gasteiger partial charge >= 0.3 is 5.97 Å². The van der Waals surface area contributed by atoms with E-state index in [1.54, 1.807) is 22.9 Å². The van der Waals surface area contributed by atoms with Crippen LogP contribution in [0.5, 0.6) is 17.4 Å². The van der Waals surface area contributed by atoms with Gasteiger partial charge in [-0.1, -0.05) is 0 Å². The summed E-state index contributed by atoms with van der Waals surface area (Å²) in [5.74, 6) is 0.391. The van der Waals surface area contributed by atoms with Crippen LogP contribution in [0.1, 0.15) is 17.3 Å². The van der Waals surface area contributed by atoms with Crippen molar-refractivity contribution < 1.29 is 23.9 Å².